The number of carboxylic acid groups (broad SMARTS) is 1. The summed E-state index contributed by atoms with van der Waals surface area (Å²) in [6.07, 6.45) is 0. The summed E-state index contributed by atoms with van der Waals surface area (Å²) < 4.78 is 0. The molecule has 0 aromatic heterocycles. The molecule has 1 rings (SSSR count). The van der Waals surface area contributed by atoms with Crippen molar-refractivity contribution in [1.82, 2.24) is 16.0 Å². The van der Waals surface area contributed by atoms with Crippen molar-refractivity contribution in [2.75, 3.05) is 13.1 Å². The minimum Gasteiger partial charge on any atom is -0.480 e. The van der Waals surface area contributed by atoms with Crippen molar-refractivity contribution in [2.24, 2.45) is 5.73 Å². The average Bonchev–Trinajstić information content (AvgIpc) is 2.33. The van der Waals surface area contributed by atoms with Crippen LogP contribution in [0, 0.1) is 0 Å². The number of hydrogen-bond acceptors (Lipinski definition) is 5. The van der Waals surface area contributed by atoms with Gasteiger partial charge in [-0.15, -0.1) is 0 Å². The molecule has 0 saturated carbocycles. The fourth-order valence-corrected chi connectivity index (χ4v) is 0.919. The maximum atomic E-state index is 10.8. The lowest BCUT2D eigenvalue weighted by molar-refractivity contribution is -0.141. The Morgan fingerprint density at radius 2 is 1.63 bits per heavy atom. The van der Waals surface area contributed by atoms with Crippen LogP contribution in [0.1, 0.15) is 13.8 Å². The molecule has 0 spiro atoms. The summed E-state index contributed by atoms with van der Waals surface area (Å²) in [7, 11) is 0. The SMILES string of the molecule is C[C@@H](N)C(=O)N[C@H](C)C(=O)O.O=C1NCCNC1=O. The van der Waals surface area contributed by atoms with Gasteiger partial charge in [-0.3, -0.25) is 19.2 Å². The van der Waals surface area contributed by atoms with Crippen molar-refractivity contribution >= 4 is 23.7 Å². The van der Waals surface area contributed by atoms with E-state index in [1.165, 1.54) is 13.8 Å². The van der Waals surface area contributed by atoms with E-state index in [0.717, 1.165) is 0 Å². The second-order valence-electron chi connectivity index (χ2n) is 3.87. The monoisotopic (exact) mass is 274 g/mol. The second kappa shape index (κ2) is 8.03. The molecule has 1 saturated heterocycles. The smallest absolute Gasteiger partial charge is 0.325 e. The Balaban J connectivity index is 0.000000356. The first-order valence-corrected chi connectivity index (χ1v) is 5.60. The predicted octanol–water partition coefficient (Wildman–Crippen LogP) is -2.84. The molecule has 1 aliphatic heterocycles. The highest BCUT2D eigenvalue weighted by Gasteiger charge is 2.16. The zero-order valence-corrected chi connectivity index (χ0v) is 10.7. The number of hydrogen-bond donors (Lipinski definition) is 5. The number of carbonyl (C=O) groups excluding carboxylic acids is 3. The van der Waals surface area contributed by atoms with E-state index < -0.39 is 35.8 Å². The van der Waals surface area contributed by atoms with Crippen molar-refractivity contribution in [3.05, 3.63) is 0 Å². The first-order chi connectivity index (χ1) is 8.75. The first kappa shape index (κ1) is 16.8. The van der Waals surface area contributed by atoms with Gasteiger partial charge in [-0.05, 0) is 13.8 Å². The quantitative estimate of drug-likeness (QED) is 0.350. The summed E-state index contributed by atoms with van der Waals surface area (Å²) in [5, 5.41) is 15.3. The molecule has 2 atom stereocenters. The molecule has 0 unspecified atom stereocenters. The summed E-state index contributed by atoms with van der Waals surface area (Å²) in [5.74, 6) is -2.59. The van der Waals surface area contributed by atoms with Crippen LogP contribution in [0.15, 0.2) is 0 Å². The molecule has 19 heavy (non-hydrogen) atoms. The number of amides is 3. The second-order valence-corrected chi connectivity index (χ2v) is 3.87. The van der Waals surface area contributed by atoms with Crippen molar-refractivity contribution in [2.45, 2.75) is 25.9 Å². The van der Waals surface area contributed by atoms with Crippen LogP contribution in [0.25, 0.3) is 0 Å². The Bertz CT molecular complexity index is 353. The van der Waals surface area contributed by atoms with Crippen LogP contribution in [0.4, 0.5) is 0 Å². The molecule has 1 heterocycles. The lowest BCUT2D eigenvalue weighted by Crippen LogP contribution is -2.49. The summed E-state index contributed by atoms with van der Waals surface area (Å²) in [6, 6.07) is -1.55. The molecule has 1 fully saturated rings. The summed E-state index contributed by atoms with van der Waals surface area (Å²) in [4.78, 5) is 41.5. The van der Waals surface area contributed by atoms with E-state index in [1.54, 1.807) is 0 Å². The number of rotatable bonds is 3. The van der Waals surface area contributed by atoms with Crippen LogP contribution in [0.3, 0.4) is 0 Å². The molecule has 9 nitrogen and oxygen atoms in total. The Morgan fingerprint density at radius 3 is 1.89 bits per heavy atom. The van der Waals surface area contributed by atoms with Crippen molar-refractivity contribution in [3.63, 3.8) is 0 Å². The van der Waals surface area contributed by atoms with Crippen LogP contribution in [-0.2, 0) is 19.2 Å². The molecular formula is C10H18N4O5. The predicted molar refractivity (Wildman–Crippen MR) is 64.9 cm³/mol. The molecule has 108 valence electrons. The van der Waals surface area contributed by atoms with Gasteiger partial charge in [0.25, 0.3) is 0 Å². The van der Waals surface area contributed by atoms with Gasteiger partial charge in [0.15, 0.2) is 0 Å². The lowest BCUT2D eigenvalue weighted by Gasteiger charge is -2.10. The van der Waals surface area contributed by atoms with Crippen LogP contribution in [-0.4, -0.2) is 54.0 Å². The van der Waals surface area contributed by atoms with Crippen LogP contribution >= 0.6 is 0 Å². The minimum absolute atomic E-state index is 0.458. The Labute approximate surface area is 109 Å². The maximum absolute atomic E-state index is 10.8. The zero-order chi connectivity index (χ0) is 15.0. The van der Waals surface area contributed by atoms with Gasteiger partial charge in [0, 0.05) is 13.1 Å². The topological polar surface area (TPSA) is 151 Å². The fraction of sp³-hybridized carbons (Fsp3) is 0.600. The summed E-state index contributed by atoms with van der Waals surface area (Å²) in [6.45, 7) is 3.96. The molecule has 0 aromatic carbocycles. The molecule has 3 amide bonds. The van der Waals surface area contributed by atoms with Gasteiger partial charge < -0.3 is 26.8 Å². The normalized spacial score (nSPS) is 17.0. The Kier molecular flexibility index (Phi) is 7.12. The Hall–Kier alpha value is -2.16. The average molecular weight is 274 g/mol. The van der Waals surface area contributed by atoms with Gasteiger partial charge in [0.05, 0.1) is 6.04 Å². The number of nitrogens with two attached hydrogens (primary N) is 1. The molecule has 0 aromatic rings. The molecule has 9 heteroatoms. The van der Waals surface area contributed by atoms with E-state index in [2.05, 4.69) is 16.0 Å². The third kappa shape index (κ3) is 6.99. The van der Waals surface area contributed by atoms with Gasteiger partial charge in [-0.1, -0.05) is 0 Å². The molecule has 0 radical (unpaired) electrons. The van der Waals surface area contributed by atoms with E-state index >= 15 is 0 Å². The number of piperazine rings is 1. The standard InChI is InChI=1S/C6H12N2O3.C4H6N2O2/c1-3(7)5(9)8-4(2)6(10)11;7-3-4(8)6-2-1-5-3/h3-4H,7H2,1-2H3,(H,8,9)(H,10,11);1-2H2,(H,5,7)(H,6,8)/t3-,4-;/m1./s1. The van der Waals surface area contributed by atoms with E-state index in [9.17, 15) is 19.2 Å². The fourth-order valence-electron chi connectivity index (χ4n) is 0.919. The largest absolute Gasteiger partial charge is 0.480 e. The third-order valence-corrected chi connectivity index (χ3v) is 2.05. The highest BCUT2D eigenvalue weighted by atomic mass is 16.4. The van der Waals surface area contributed by atoms with Gasteiger partial charge in [0.1, 0.15) is 6.04 Å². The summed E-state index contributed by atoms with van der Waals surface area (Å²) >= 11 is 0. The molecular weight excluding hydrogens is 256 g/mol. The van der Waals surface area contributed by atoms with E-state index in [4.69, 9.17) is 10.8 Å². The van der Waals surface area contributed by atoms with Gasteiger partial charge in [0.2, 0.25) is 5.91 Å². The minimum atomic E-state index is -1.07. The highest BCUT2D eigenvalue weighted by molar-refractivity contribution is 6.35. The van der Waals surface area contributed by atoms with Gasteiger partial charge in [-0.25, -0.2) is 0 Å². The maximum Gasteiger partial charge on any atom is 0.325 e. The number of carbonyl (C=O) groups is 4. The molecule has 6 N–H and O–H groups in total. The number of carboxylic acids is 1. The highest BCUT2D eigenvalue weighted by Crippen LogP contribution is 1.83. The Morgan fingerprint density at radius 1 is 1.21 bits per heavy atom. The van der Waals surface area contributed by atoms with E-state index in [1.807, 2.05) is 0 Å². The van der Waals surface area contributed by atoms with Crippen LogP contribution in [0.5, 0.6) is 0 Å². The van der Waals surface area contributed by atoms with Gasteiger partial charge in [-0.2, -0.15) is 0 Å². The van der Waals surface area contributed by atoms with Crippen LogP contribution < -0.4 is 21.7 Å². The van der Waals surface area contributed by atoms with Crippen molar-refractivity contribution in [1.29, 1.82) is 0 Å². The van der Waals surface area contributed by atoms with E-state index in [-0.39, 0.29) is 0 Å². The number of nitrogens with one attached hydrogen (secondary N) is 3. The van der Waals surface area contributed by atoms with E-state index in [0.29, 0.717) is 13.1 Å². The number of aliphatic carboxylic acids is 1. The third-order valence-electron chi connectivity index (χ3n) is 2.05. The molecule has 0 aliphatic carbocycles. The van der Waals surface area contributed by atoms with Crippen LogP contribution in [0.2, 0.25) is 0 Å². The van der Waals surface area contributed by atoms with Crippen molar-refractivity contribution in [3.8, 4) is 0 Å². The molecule has 0 bridgehead atoms. The van der Waals surface area contributed by atoms with Crippen molar-refractivity contribution < 1.29 is 24.3 Å². The zero-order valence-electron chi connectivity index (χ0n) is 10.7. The lowest BCUT2D eigenvalue weighted by atomic mass is 10.3. The first-order valence-electron chi connectivity index (χ1n) is 5.60. The van der Waals surface area contributed by atoms with Gasteiger partial charge >= 0.3 is 17.8 Å². The summed E-state index contributed by atoms with van der Waals surface area (Å²) in [5.41, 5.74) is 5.18. The molecule has 1 aliphatic rings.